The fourth-order valence-corrected chi connectivity index (χ4v) is 2.27. The molecule has 1 saturated carbocycles. The normalized spacial score (nSPS) is 15.3. The number of rotatable bonds is 5. The fraction of sp³-hybridized carbons (Fsp3) is 0.533. The lowest BCUT2D eigenvalue weighted by atomic mass is 9.83. The Morgan fingerprint density at radius 2 is 2.24 bits per heavy atom. The molecule has 1 aromatic rings. The van der Waals surface area contributed by atoms with Crippen LogP contribution in [0.25, 0.3) is 0 Å². The molecule has 0 aliphatic heterocycles. The SMILES string of the molecule is Cc1cc(C#N)ccc1CNCCC1CCC1. The van der Waals surface area contributed by atoms with E-state index < -0.39 is 0 Å². The van der Waals surface area contributed by atoms with Gasteiger partial charge in [0.2, 0.25) is 0 Å². The number of benzene rings is 1. The van der Waals surface area contributed by atoms with E-state index in [-0.39, 0.29) is 0 Å². The van der Waals surface area contributed by atoms with E-state index in [4.69, 9.17) is 5.26 Å². The van der Waals surface area contributed by atoms with Crippen molar-refractivity contribution < 1.29 is 0 Å². The second-order valence-electron chi connectivity index (χ2n) is 5.02. The number of nitrogens with zero attached hydrogens (tertiary/aromatic N) is 1. The molecule has 1 aromatic carbocycles. The van der Waals surface area contributed by atoms with Gasteiger partial charge in [0.05, 0.1) is 11.6 Å². The molecule has 17 heavy (non-hydrogen) atoms. The average Bonchev–Trinajstić information content (AvgIpc) is 2.28. The molecule has 1 N–H and O–H groups in total. The van der Waals surface area contributed by atoms with Gasteiger partial charge in [-0.15, -0.1) is 0 Å². The van der Waals surface area contributed by atoms with Crippen molar-refractivity contribution >= 4 is 0 Å². The largest absolute Gasteiger partial charge is 0.313 e. The molecule has 1 aliphatic carbocycles. The Morgan fingerprint density at radius 1 is 1.41 bits per heavy atom. The predicted molar refractivity (Wildman–Crippen MR) is 69.6 cm³/mol. The van der Waals surface area contributed by atoms with Crippen LogP contribution in [0.5, 0.6) is 0 Å². The maximum absolute atomic E-state index is 8.80. The lowest BCUT2D eigenvalue weighted by Gasteiger charge is -2.25. The van der Waals surface area contributed by atoms with Gasteiger partial charge in [-0.05, 0) is 49.1 Å². The van der Waals surface area contributed by atoms with Crippen LogP contribution in [-0.4, -0.2) is 6.54 Å². The summed E-state index contributed by atoms with van der Waals surface area (Å²) >= 11 is 0. The minimum absolute atomic E-state index is 0.751. The van der Waals surface area contributed by atoms with Crippen molar-refractivity contribution in [2.24, 2.45) is 5.92 Å². The molecule has 0 spiro atoms. The highest BCUT2D eigenvalue weighted by atomic mass is 14.8. The van der Waals surface area contributed by atoms with Gasteiger partial charge < -0.3 is 5.32 Å². The zero-order chi connectivity index (χ0) is 12.1. The Kier molecular flexibility index (Phi) is 4.17. The maximum atomic E-state index is 8.80. The highest BCUT2D eigenvalue weighted by Gasteiger charge is 2.16. The first-order valence-electron chi connectivity index (χ1n) is 6.50. The molecule has 0 unspecified atom stereocenters. The summed E-state index contributed by atoms with van der Waals surface area (Å²) in [6, 6.07) is 8.09. The van der Waals surface area contributed by atoms with Crippen molar-refractivity contribution in [2.75, 3.05) is 6.54 Å². The summed E-state index contributed by atoms with van der Waals surface area (Å²) in [4.78, 5) is 0. The summed E-state index contributed by atoms with van der Waals surface area (Å²) in [6.07, 6.45) is 5.60. The molecular formula is C15H20N2. The summed E-state index contributed by atoms with van der Waals surface area (Å²) in [5.74, 6) is 0.976. The molecule has 2 rings (SSSR count). The molecule has 0 aromatic heterocycles. The third-order valence-corrected chi connectivity index (χ3v) is 3.74. The van der Waals surface area contributed by atoms with Crippen LogP contribution in [0.3, 0.4) is 0 Å². The minimum Gasteiger partial charge on any atom is -0.313 e. The van der Waals surface area contributed by atoms with Crippen LogP contribution in [0.4, 0.5) is 0 Å². The third-order valence-electron chi connectivity index (χ3n) is 3.74. The van der Waals surface area contributed by atoms with Crippen molar-refractivity contribution in [3.05, 3.63) is 34.9 Å². The number of hydrogen-bond donors (Lipinski definition) is 1. The molecular weight excluding hydrogens is 208 g/mol. The van der Waals surface area contributed by atoms with Gasteiger partial charge >= 0.3 is 0 Å². The highest BCUT2D eigenvalue weighted by Crippen LogP contribution is 2.28. The Labute approximate surface area is 104 Å². The van der Waals surface area contributed by atoms with Crippen LogP contribution in [0.1, 0.15) is 42.4 Å². The van der Waals surface area contributed by atoms with Crippen LogP contribution >= 0.6 is 0 Å². The van der Waals surface area contributed by atoms with E-state index in [0.717, 1.165) is 24.6 Å². The summed E-state index contributed by atoms with van der Waals surface area (Å²) in [5, 5.41) is 12.3. The van der Waals surface area contributed by atoms with Gasteiger partial charge in [-0.25, -0.2) is 0 Å². The van der Waals surface area contributed by atoms with Crippen molar-refractivity contribution in [3.63, 3.8) is 0 Å². The van der Waals surface area contributed by atoms with Crippen LogP contribution in [-0.2, 0) is 6.54 Å². The summed E-state index contributed by atoms with van der Waals surface area (Å²) in [5.41, 5.74) is 3.26. The van der Waals surface area contributed by atoms with Crippen LogP contribution in [0.15, 0.2) is 18.2 Å². The van der Waals surface area contributed by atoms with Crippen LogP contribution < -0.4 is 5.32 Å². The fourth-order valence-electron chi connectivity index (χ4n) is 2.27. The number of nitriles is 1. The summed E-state index contributed by atoms with van der Waals surface area (Å²) in [7, 11) is 0. The van der Waals surface area contributed by atoms with E-state index in [0.29, 0.717) is 0 Å². The van der Waals surface area contributed by atoms with Gasteiger partial charge in [-0.2, -0.15) is 5.26 Å². The van der Waals surface area contributed by atoms with Gasteiger partial charge in [-0.3, -0.25) is 0 Å². The predicted octanol–water partition coefficient (Wildman–Crippen LogP) is 3.15. The molecule has 2 heteroatoms. The van der Waals surface area contributed by atoms with Crippen LogP contribution in [0, 0.1) is 24.2 Å². The summed E-state index contributed by atoms with van der Waals surface area (Å²) in [6.45, 7) is 4.11. The lowest BCUT2D eigenvalue weighted by Crippen LogP contribution is -2.21. The summed E-state index contributed by atoms with van der Waals surface area (Å²) < 4.78 is 0. The first-order valence-corrected chi connectivity index (χ1v) is 6.50. The molecule has 0 saturated heterocycles. The van der Waals surface area contributed by atoms with E-state index in [1.165, 1.54) is 36.8 Å². The molecule has 90 valence electrons. The Morgan fingerprint density at radius 3 is 2.82 bits per heavy atom. The molecule has 1 aliphatic rings. The molecule has 0 amide bonds. The van der Waals surface area contributed by atoms with E-state index in [1.54, 1.807) is 0 Å². The number of hydrogen-bond acceptors (Lipinski definition) is 2. The quantitative estimate of drug-likeness (QED) is 0.786. The van der Waals surface area contributed by atoms with E-state index in [2.05, 4.69) is 24.4 Å². The topological polar surface area (TPSA) is 35.8 Å². The van der Waals surface area contributed by atoms with Crippen molar-refractivity contribution in [2.45, 2.75) is 39.2 Å². The Balaban J connectivity index is 1.76. The second kappa shape index (κ2) is 5.84. The first kappa shape index (κ1) is 12.1. The monoisotopic (exact) mass is 228 g/mol. The minimum atomic E-state index is 0.751. The molecule has 0 atom stereocenters. The van der Waals surface area contributed by atoms with Gasteiger partial charge in [0.25, 0.3) is 0 Å². The van der Waals surface area contributed by atoms with Crippen molar-refractivity contribution in [1.82, 2.24) is 5.32 Å². The number of nitrogens with one attached hydrogen (secondary N) is 1. The first-order chi connectivity index (χ1) is 8.29. The van der Waals surface area contributed by atoms with Crippen LogP contribution in [0.2, 0.25) is 0 Å². The molecule has 1 fully saturated rings. The Bertz CT molecular complexity index is 413. The highest BCUT2D eigenvalue weighted by molar-refractivity contribution is 5.37. The zero-order valence-corrected chi connectivity index (χ0v) is 10.5. The molecule has 0 radical (unpaired) electrons. The van der Waals surface area contributed by atoms with E-state index in [1.807, 2.05) is 12.1 Å². The second-order valence-corrected chi connectivity index (χ2v) is 5.02. The van der Waals surface area contributed by atoms with Gasteiger partial charge in [0.1, 0.15) is 0 Å². The van der Waals surface area contributed by atoms with E-state index in [9.17, 15) is 0 Å². The standard InChI is InChI=1S/C15H20N2/c1-12-9-14(10-16)5-6-15(12)11-17-8-7-13-3-2-4-13/h5-6,9,13,17H,2-4,7-8,11H2,1H3. The van der Waals surface area contributed by atoms with Crippen molar-refractivity contribution in [3.8, 4) is 6.07 Å². The Hall–Kier alpha value is -1.33. The molecule has 0 bridgehead atoms. The van der Waals surface area contributed by atoms with Gasteiger partial charge in [0, 0.05) is 6.54 Å². The zero-order valence-electron chi connectivity index (χ0n) is 10.5. The number of aryl methyl sites for hydroxylation is 1. The molecule has 2 nitrogen and oxygen atoms in total. The van der Waals surface area contributed by atoms with Gasteiger partial charge in [-0.1, -0.05) is 25.3 Å². The third kappa shape index (κ3) is 3.31. The van der Waals surface area contributed by atoms with E-state index >= 15 is 0 Å². The lowest BCUT2D eigenvalue weighted by molar-refractivity contribution is 0.292. The molecule has 0 heterocycles. The smallest absolute Gasteiger partial charge is 0.0991 e. The van der Waals surface area contributed by atoms with Crippen molar-refractivity contribution in [1.29, 1.82) is 5.26 Å². The average molecular weight is 228 g/mol. The maximum Gasteiger partial charge on any atom is 0.0991 e. The van der Waals surface area contributed by atoms with Gasteiger partial charge in [0.15, 0.2) is 0 Å².